The minimum Gasteiger partial charge on any atom is -0.391 e. The highest BCUT2D eigenvalue weighted by atomic mass is 32.2. The van der Waals surface area contributed by atoms with Crippen molar-refractivity contribution in [2.75, 3.05) is 38.5 Å². The Balaban J connectivity index is 1.36. The van der Waals surface area contributed by atoms with E-state index in [9.17, 15) is 5.11 Å². The zero-order valence-corrected chi connectivity index (χ0v) is 14.2. The standard InChI is InChI=1S/C18H28N2OS/c21-18-9-5-4-8-17(18)20-12-10-19(11-13-20)14-15-22-16-6-2-1-3-7-16/h1-3,6-7,17-18,21H,4-5,8-15H2/t17-,18-/m1/s1. The van der Waals surface area contributed by atoms with E-state index in [0.29, 0.717) is 6.04 Å². The second kappa shape index (κ2) is 8.34. The molecule has 0 bridgehead atoms. The van der Waals surface area contributed by atoms with Gasteiger partial charge in [-0.1, -0.05) is 31.0 Å². The summed E-state index contributed by atoms with van der Waals surface area (Å²) in [4.78, 5) is 6.47. The molecule has 0 aromatic heterocycles. The molecule has 1 aliphatic carbocycles. The van der Waals surface area contributed by atoms with Crippen LogP contribution in [0.5, 0.6) is 0 Å². The number of nitrogens with zero attached hydrogens (tertiary/aromatic N) is 2. The van der Waals surface area contributed by atoms with Gasteiger partial charge in [0, 0.05) is 49.4 Å². The average molecular weight is 321 g/mol. The Kier molecular flexibility index (Phi) is 6.19. The number of hydrogen-bond donors (Lipinski definition) is 1. The van der Waals surface area contributed by atoms with Crippen molar-refractivity contribution in [1.29, 1.82) is 0 Å². The number of piperazine rings is 1. The summed E-state index contributed by atoms with van der Waals surface area (Å²) in [5.74, 6) is 1.16. The van der Waals surface area contributed by atoms with E-state index in [1.807, 2.05) is 11.8 Å². The van der Waals surface area contributed by atoms with E-state index in [4.69, 9.17) is 0 Å². The Hall–Kier alpha value is -0.550. The Bertz CT molecular complexity index is 434. The van der Waals surface area contributed by atoms with Crippen LogP contribution in [0.1, 0.15) is 25.7 Å². The lowest BCUT2D eigenvalue weighted by Gasteiger charge is -2.42. The van der Waals surface area contributed by atoms with Gasteiger partial charge in [-0.3, -0.25) is 9.80 Å². The number of aliphatic hydroxyl groups is 1. The Morgan fingerprint density at radius 1 is 1.00 bits per heavy atom. The molecule has 2 fully saturated rings. The molecular weight excluding hydrogens is 292 g/mol. The van der Waals surface area contributed by atoms with Gasteiger partial charge in [-0.2, -0.15) is 0 Å². The molecule has 3 nitrogen and oxygen atoms in total. The summed E-state index contributed by atoms with van der Waals surface area (Å²) in [6, 6.07) is 11.1. The first-order valence-corrected chi connectivity index (χ1v) is 9.64. The maximum atomic E-state index is 10.2. The van der Waals surface area contributed by atoms with Crippen molar-refractivity contribution >= 4 is 11.8 Å². The van der Waals surface area contributed by atoms with Crippen molar-refractivity contribution in [3.05, 3.63) is 30.3 Å². The van der Waals surface area contributed by atoms with Crippen LogP contribution >= 0.6 is 11.8 Å². The second-order valence-electron chi connectivity index (χ2n) is 6.46. The molecule has 2 aliphatic rings. The van der Waals surface area contributed by atoms with Crippen LogP contribution in [-0.2, 0) is 0 Å². The third kappa shape index (κ3) is 4.48. The van der Waals surface area contributed by atoms with E-state index in [0.717, 1.165) is 38.4 Å². The minimum absolute atomic E-state index is 0.0889. The van der Waals surface area contributed by atoms with Crippen LogP contribution in [-0.4, -0.2) is 65.5 Å². The monoisotopic (exact) mass is 320 g/mol. The van der Waals surface area contributed by atoms with Gasteiger partial charge in [-0.15, -0.1) is 11.8 Å². The van der Waals surface area contributed by atoms with Crippen molar-refractivity contribution in [2.24, 2.45) is 0 Å². The average Bonchev–Trinajstić information content (AvgIpc) is 2.57. The largest absolute Gasteiger partial charge is 0.391 e. The predicted molar refractivity (Wildman–Crippen MR) is 93.4 cm³/mol. The van der Waals surface area contributed by atoms with Crippen LogP contribution in [0.3, 0.4) is 0 Å². The summed E-state index contributed by atoms with van der Waals surface area (Å²) < 4.78 is 0. The highest BCUT2D eigenvalue weighted by Crippen LogP contribution is 2.24. The number of benzene rings is 1. The number of rotatable bonds is 5. The molecule has 3 rings (SSSR count). The Labute approximate surface area is 138 Å². The SMILES string of the molecule is O[C@@H]1CCCC[C@H]1N1CCN(CCSc2ccccc2)CC1. The smallest absolute Gasteiger partial charge is 0.0695 e. The molecule has 0 amide bonds. The number of thioether (sulfide) groups is 1. The molecule has 1 aromatic rings. The van der Waals surface area contributed by atoms with Crippen LogP contribution in [0, 0.1) is 0 Å². The Morgan fingerprint density at radius 3 is 2.45 bits per heavy atom. The molecule has 1 aromatic carbocycles. The van der Waals surface area contributed by atoms with Gasteiger partial charge in [0.25, 0.3) is 0 Å². The zero-order chi connectivity index (χ0) is 15.2. The lowest BCUT2D eigenvalue weighted by Crippen LogP contribution is -2.54. The summed E-state index contributed by atoms with van der Waals surface area (Å²) in [7, 11) is 0. The van der Waals surface area contributed by atoms with Crippen LogP contribution < -0.4 is 0 Å². The summed E-state index contributed by atoms with van der Waals surface area (Å²) >= 11 is 1.95. The molecule has 4 heteroatoms. The molecule has 1 aliphatic heterocycles. The molecule has 1 saturated carbocycles. The van der Waals surface area contributed by atoms with Crippen molar-refractivity contribution in [3.63, 3.8) is 0 Å². The van der Waals surface area contributed by atoms with Crippen molar-refractivity contribution in [2.45, 2.75) is 42.7 Å². The highest BCUT2D eigenvalue weighted by Gasteiger charge is 2.30. The van der Waals surface area contributed by atoms with E-state index in [2.05, 4.69) is 40.1 Å². The molecule has 122 valence electrons. The molecule has 1 heterocycles. The van der Waals surface area contributed by atoms with Crippen molar-refractivity contribution < 1.29 is 5.11 Å². The molecule has 0 unspecified atom stereocenters. The molecular formula is C18H28N2OS. The zero-order valence-electron chi connectivity index (χ0n) is 13.4. The summed E-state index contributed by atoms with van der Waals surface area (Å²) in [6.45, 7) is 5.72. The maximum Gasteiger partial charge on any atom is 0.0695 e. The maximum absolute atomic E-state index is 10.2. The first-order chi connectivity index (χ1) is 10.8. The van der Waals surface area contributed by atoms with Gasteiger partial charge in [0.05, 0.1) is 6.10 Å². The fourth-order valence-electron chi connectivity index (χ4n) is 3.65. The summed E-state index contributed by atoms with van der Waals surface area (Å²) in [5, 5.41) is 10.2. The van der Waals surface area contributed by atoms with Gasteiger partial charge in [-0.05, 0) is 25.0 Å². The van der Waals surface area contributed by atoms with Crippen molar-refractivity contribution in [1.82, 2.24) is 9.80 Å². The van der Waals surface area contributed by atoms with Gasteiger partial charge in [-0.25, -0.2) is 0 Å². The normalized spacial score (nSPS) is 27.9. The van der Waals surface area contributed by atoms with E-state index >= 15 is 0 Å². The Morgan fingerprint density at radius 2 is 1.73 bits per heavy atom. The van der Waals surface area contributed by atoms with E-state index in [-0.39, 0.29) is 6.10 Å². The van der Waals surface area contributed by atoms with Gasteiger partial charge in [0.2, 0.25) is 0 Å². The van der Waals surface area contributed by atoms with Crippen LogP contribution in [0.4, 0.5) is 0 Å². The number of aliphatic hydroxyl groups excluding tert-OH is 1. The fraction of sp³-hybridized carbons (Fsp3) is 0.667. The first kappa shape index (κ1) is 16.3. The van der Waals surface area contributed by atoms with Gasteiger partial charge in [0.15, 0.2) is 0 Å². The first-order valence-electron chi connectivity index (χ1n) is 8.65. The summed E-state index contributed by atoms with van der Waals surface area (Å²) in [5.41, 5.74) is 0. The molecule has 1 saturated heterocycles. The van der Waals surface area contributed by atoms with Gasteiger partial charge in [0.1, 0.15) is 0 Å². The van der Waals surface area contributed by atoms with E-state index in [1.165, 1.54) is 30.7 Å². The third-order valence-corrected chi connectivity index (χ3v) is 5.98. The second-order valence-corrected chi connectivity index (χ2v) is 7.63. The lowest BCUT2D eigenvalue weighted by molar-refractivity contribution is -0.00254. The number of hydrogen-bond acceptors (Lipinski definition) is 4. The molecule has 2 atom stereocenters. The van der Waals surface area contributed by atoms with Crippen LogP contribution in [0.15, 0.2) is 35.2 Å². The lowest BCUT2D eigenvalue weighted by atomic mass is 9.91. The topological polar surface area (TPSA) is 26.7 Å². The molecule has 1 N–H and O–H groups in total. The minimum atomic E-state index is -0.0889. The van der Waals surface area contributed by atoms with Crippen LogP contribution in [0.2, 0.25) is 0 Å². The van der Waals surface area contributed by atoms with Gasteiger partial charge >= 0.3 is 0 Å². The molecule has 0 spiro atoms. The van der Waals surface area contributed by atoms with Crippen LogP contribution in [0.25, 0.3) is 0 Å². The van der Waals surface area contributed by atoms with E-state index < -0.39 is 0 Å². The fourth-order valence-corrected chi connectivity index (χ4v) is 4.58. The quantitative estimate of drug-likeness (QED) is 0.844. The van der Waals surface area contributed by atoms with Gasteiger partial charge < -0.3 is 5.11 Å². The highest BCUT2D eigenvalue weighted by molar-refractivity contribution is 7.99. The molecule has 0 radical (unpaired) electrons. The third-order valence-electron chi connectivity index (χ3n) is 4.99. The van der Waals surface area contributed by atoms with E-state index in [1.54, 1.807) is 0 Å². The predicted octanol–water partition coefficient (Wildman–Crippen LogP) is 2.70. The summed E-state index contributed by atoms with van der Waals surface area (Å²) in [6.07, 6.45) is 4.59. The van der Waals surface area contributed by atoms with Crippen molar-refractivity contribution in [3.8, 4) is 0 Å². The molecule has 22 heavy (non-hydrogen) atoms.